The van der Waals surface area contributed by atoms with Gasteiger partial charge in [-0.05, 0) is 33.0 Å². The van der Waals surface area contributed by atoms with E-state index in [1.54, 1.807) is 0 Å². The van der Waals surface area contributed by atoms with E-state index in [4.69, 9.17) is 0 Å². The Morgan fingerprint density at radius 2 is 1.94 bits per heavy atom. The fraction of sp³-hybridized carbons (Fsp3) is 0.769. The SMILES string of the molecule is CCN(CC)CCNCCn1nc(C)cc1C. The molecule has 17 heavy (non-hydrogen) atoms. The van der Waals surface area contributed by atoms with Crippen LogP contribution in [0.15, 0.2) is 6.07 Å². The van der Waals surface area contributed by atoms with Crippen LogP contribution >= 0.6 is 0 Å². The number of hydrogen-bond acceptors (Lipinski definition) is 3. The molecule has 1 aromatic heterocycles. The zero-order valence-corrected chi connectivity index (χ0v) is 11.7. The molecule has 0 aliphatic rings. The van der Waals surface area contributed by atoms with Gasteiger partial charge in [0.15, 0.2) is 0 Å². The van der Waals surface area contributed by atoms with E-state index in [1.165, 1.54) is 5.69 Å². The molecule has 0 bridgehead atoms. The molecule has 0 fully saturated rings. The first-order valence-corrected chi connectivity index (χ1v) is 6.61. The standard InChI is InChI=1S/C13H26N4/c1-5-16(6-2)9-7-14-8-10-17-13(4)11-12(3)15-17/h11,14H,5-10H2,1-4H3. The molecule has 98 valence electrons. The number of rotatable bonds is 8. The van der Waals surface area contributed by atoms with Crippen LogP contribution in [0.5, 0.6) is 0 Å². The smallest absolute Gasteiger partial charge is 0.0596 e. The first-order chi connectivity index (χ1) is 8.17. The number of aryl methyl sites for hydroxylation is 2. The minimum Gasteiger partial charge on any atom is -0.314 e. The highest BCUT2D eigenvalue weighted by molar-refractivity contribution is 5.06. The minimum absolute atomic E-state index is 0.956. The van der Waals surface area contributed by atoms with E-state index in [0.29, 0.717) is 0 Å². The van der Waals surface area contributed by atoms with Gasteiger partial charge >= 0.3 is 0 Å². The van der Waals surface area contributed by atoms with Gasteiger partial charge in [0.1, 0.15) is 0 Å². The summed E-state index contributed by atoms with van der Waals surface area (Å²) in [6, 6.07) is 2.12. The van der Waals surface area contributed by atoms with Crippen molar-refractivity contribution < 1.29 is 0 Å². The largest absolute Gasteiger partial charge is 0.314 e. The molecule has 1 N–H and O–H groups in total. The Balaban J connectivity index is 2.14. The van der Waals surface area contributed by atoms with Crippen LogP contribution in [0.2, 0.25) is 0 Å². The van der Waals surface area contributed by atoms with Gasteiger partial charge in [0, 0.05) is 25.3 Å². The summed E-state index contributed by atoms with van der Waals surface area (Å²) in [4.78, 5) is 2.43. The fourth-order valence-electron chi connectivity index (χ4n) is 1.99. The number of hydrogen-bond donors (Lipinski definition) is 1. The van der Waals surface area contributed by atoms with Crippen molar-refractivity contribution in [3.8, 4) is 0 Å². The Hall–Kier alpha value is -0.870. The average molecular weight is 238 g/mol. The van der Waals surface area contributed by atoms with E-state index in [0.717, 1.165) is 45.0 Å². The van der Waals surface area contributed by atoms with Gasteiger partial charge in [-0.25, -0.2) is 0 Å². The van der Waals surface area contributed by atoms with Gasteiger partial charge < -0.3 is 10.2 Å². The molecule has 1 heterocycles. The Morgan fingerprint density at radius 1 is 1.24 bits per heavy atom. The van der Waals surface area contributed by atoms with Crippen molar-refractivity contribution in [3.05, 3.63) is 17.5 Å². The first-order valence-electron chi connectivity index (χ1n) is 6.61. The Morgan fingerprint density at radius 3 is 2.47 bits per heavy atom. The molecule has 0 spiro atoms. The van der Waals surface area contributed by atoms with Gasteiger partial charge in [0.25, 0.3) is 0 Å². The molecule has 4 heteroatoms. The lowest BCUT2D eigenvalue weighted by Gasteiger charge is -2.18. The zero-order chi connectivity index (χ0) is 12.7. The van der Waals surface area contributed by atoms with Crippen LogP contribution in [0.25, 0.3) is 0 Å². The number of nitrogens with zero attached hydrogens (tertiary/aromatic N) is 3. The molecule has 0 aliphatic heterocycles. The van der Waals surface area contributed by atoms with Crippen molar-refractivity contribution in [2.24, 2.45) is 0 Å². The maximum absolute atomic E-state index is 4.44. The highest BCUT2D eigenvalue weighted by Gasteiger charge is 2.00. The summed E-state index contributed by atoms with van der Waals surface area (Å²) in [6.45, 7) is 15.0. The topological polar surface area (TPSA) is 33.1 Å². The van der Waals surface area contributed by atoms with Gasteiger partial charge in [0.05, 0.1) is 12.2 Å². The molecule has 0 radical (unpaired) electrons. The normalized spacial score (nSPS) is 11.4. The van der Waals surface area contributed by atoms with Gasteiger partial charge in [-0.1, -0.05) is 13.8 Å². The van der Waals surface area contributed by atoms with E-state index in [-0.39, 0.29) is 0 Å². The molecule has 0 atom stereocenters. The van der Waals surface area contributed by atoms with Crippen molar-refractivity contribution in [3.63, 3.8) is 0 Å². The van der Waals surface area contributed by atoms with Crippen LogP contribution in [0.3, 0.4) is 0 Å². The molecule has 0 unspecified atom stereocenters. The number of likely N-dealkylation sites (N-methyl/N-ethyl adjacent to an activating group) is 1. The van der Waals surface area contributed by atoms with Crippen LogP contribution < -0.4 is 5.32 Å². The summed E-state index contributed by atoms with van der Waals surface area (Å²) in [5, 5.41) is 7.91. The van der Waals surface area contributed by atoms with E-state index >= 15 is 0 Å². The number of aromatic nitrogens is 2. The Kier molecular flexibility index (Phi) is 6.22. The summed E-state index contributed by atoms with van der Waals surface area (Å²) < 4.78 is 2.07. The zero-order valence-electron chi connectivity index (χ0n) is 11.7. The minimum atomic E-state index is 0.956. The number of nitrogens with one attached hydrogen (secondary N) is 1. The van der Waals surface area contributed by atoms with Crippen LogP contribution in [-0.4, -0.2) is 47.4 Å². The molecule has 0 saturated carbocycles. The van der Waals surface area contributed by atoms with Gasteiger partial charge in [-0.15, -0.1) is 0 Å². The van der Waals surface area contributed by atoms with Gasteiger partial charge in [-0.2, -0.15) is 5.10 Å². The van der Waals surface area contributed by atoms with Crippen molar-refractivity contribution in [2.45, 2.75) is 34.2 Å². The molecule has 1 aromatic rings. The fourth-order valence-corrected chi connectivity index (χ4v) is 1.99. The second-order valence-corrected chi connectivity index (χ2v) is 4.43. The maximum atomic E-state index is 4.44. The predicted molar refractivity (Wildman–Crippen MR) is 72.4 cm³/mol. The summed E-state index contributed by atoms with van der Waals surface area (Å²) in [5.41, 5.74) is 2.35. The van der Waals surface area contributed by atoms with Crippen molar-refractivity contribution in [2.75, 3.05) is 32.7 Å². The van der Waals surface area contributed by atoms with Crippen molar-refractivity contribution >= 4 is 0 Å². The molecule has 0 aliphatic carbocycles. The third-order valence-corrected chi connectivity index (χ3v) is 3.10. The van der Waals surface area contributed by atoms with E-state index < -0.39 is 0 Å². The highest BCUT2D eigenvalue weighted by atomic mass is 15.3. The summed E-state index contributed by atoms with van der Waals surface area (Å²) in [6.07, 6.45) is 0. The van der Waals surface area contributed by atoms with Crippen molar-refractivity contribution in [1.82, 2.24) is 20.0 Å². The van der Waals surface area contributed by atoms with E-state index in [2.05, 4.69) is 46.8 Å². The monoisotopic (exact) mass is 238 g/mol. The summed E-state index contributed by atoms with van der Waals surface area (Å²) in [5.74, 6) is 0. The lowest BCUT2D eigenvalue weighted by molar-refractivity contribution is 0.301. The second-order valence-electron chi connectivity index (χ2n) is 4.43. The lowest BCUT2D eigenvalue weighted by atomic mass is 10.4. The second kappa shape index (κ2) is 7.45. The van der Waals surface area contributed by atoms with Crippen LogP contribution in [0, 0.1) is 13.8 Å². The van der Waals surface area contributed by atoms with Crippen LogP contribution in [0.4, 0.5) is 0 Å². The predicted octanol–water partition coefficient (Wildman–Crippen LogP) is 1.43. The third kappa shape index (κ3) is 4.88. The van der Waals surface area contributed by atoms with E-state index in [1.807, 2.05) is 6.92 Å². The molecule has 4 nitrogen and oxygen atoms in total. The molecule has 1 rings (SSSR count). The van der Waals surface area contributed by atoms with Crippen molar-refractivity contribution in [1.29, 1.82) is 0 Å². The highest BCUT2D eigenvalue weighted by Crippen LogP contribution is 2.00. The lowest BCUT2D eigenvalue weighted by Crippen LogP contribution is -2.33. The molecule has 0 saturated heterocycles. The molecule has 0 amide bonds. The molecular formula is C13H26N4. The Bertz CT molecular complexity index is 315. The van der Waals surface area contributed by atoms with Gasteiger partial charge in [0.2, 0.25) is 0 Å². The van der Waals surface area contributed by atoms with Crippen LogP contribution in [-0.2, 0) is 6.54 Å². The third-order valence-electron chi connectivity index (χ3n) is 3.10. The Labute approximate surface area is 105 Å². The molecule has 0 aromatic carbocycles. The summed E-state index contributed by atoms with van der Waals surface area (Å²) >= 11 is 0. The summed E-state index contributed by atoms with van der Waals surface area (Å²) in [7, 11) is 0. The molecular weight excluding hydrogens is 212 g/mol. The van der Waals surface area contributed by atoms with Gasteiger partial charge in [-0.3, -0.25) is 4.68 Å². The van der Waals surface area contributed by atoms with Crippen LogP contribution in [0.1, 0.15) is 25.2 Å². The average Bonchev–Trinajstić information content (AvgIpc) is 2.62. The quantitative estimate of drug-likeness (QED) is 0.696. The first kappa shape index (κ1) is 14.2. The maximum Gasteiger partial charge on any atom is 0.0596 e. The van der Waals surface area contributed by atoms with E-state index in [9.17, 15) is 0 Å².